The van der Waals surface area contributed by atoms with E-state index in [0.29, 0.717) is 12.0 Å². The summed E-state index contributed by atoms with van der Waals surface area (Å²) in [6.07, 6.45) is 2.39. The monoisotopic (exact) mass is 186 g/mol. The molecule has 13 heavy (non-hydrogen) atoms. The standard InChI is InChI=1S/C9H14O4/c1-3-4-5-7(2)9(12)13-6-8(10)11/h2-6H2,1H3,(H,10,11). The number of carboxylic acids is 1. The van der Waals surface area contributed by atoms with Gasteiger partial charge in [0.25, 0.3) is 0 Å². The molecule has 0 rings (SSSR count). The normalized spacial score (nSPS) is 9.31. The molecule has 1 N–H and O–H groups in total. The number of aliphatic carboxylic acids is 1. The van der Waals surface area contributed by atoms with Crippen molar-refractivity contribution in [3.05, 3.63) is 12.2 Å². The smallest absolute Gasteiger partial charge is 0.341 e. The topological polar surface area (TPSA) is 63.6 Å². The van der Waals surface area contributed by atoms with E-state index >= 15 is 0 Å². The molecule has 0 atom stereocenters. The molecular formula is C9H14O4. The molecule has 0 aliphatic heterocycles. The van der Waals surface area contributed by atoms with Gasteiger partial charge in [-0.05, 0) is 12.8 Å². The molecule has 0 amide bonds. The average Bonchev–Trinajstić information content (AvgIpc) is 2.10. The van der Waals surface area contributed by atoms with Gasteiger partial charge in [-0.15, -0.1) is 0 Å². The maximum Gasteiger partial charge on any atom is 0.341 e. The van der Waals surface area contributed by atoms with Gasteiger partial charge >= 0.3 is 11.9 Å². The summed E-state index contributed by atoms with van der Waals surface area (Å²) in [5.41, 5.74) is 0.336. The van der Waals surface area contributed by atoms with E-state index in [1.54, 1.807) is 0 Å². The van der Waals surface area contributed by atoms with Crippen LogP contribution in [0.15, 0.2) is 12.2 Å². The van der Waals surface area contributed by atoms with Crippen molar-refractivity contribution in [2.24, 2.45) is 0 Å². The SMILES string of the molecule is C=C(CCCC)C(=O)OCC(=O)O. The van der Waals surface area contributed by atoms with Gasteiger partial charge in [-0.1, -0.05) is 19.9 Å². The van der Waals surface area contributed by atoms with Gasteiger partial charge in [-0.3, -0.25) is 0 Å². The molecule has 0 aromatic carbocycles. The summed E-state index contributed by atoms with van der Waals surface area (Å²) >= 11 is 0. The molecule has 0 aromatic heterocycles. The molecule has 0 aliphatic carbocycles. The lowest BCUT2D eigenvalue weighted by Crippen LogP contribution is -2.14. The summed E-state index contributed by atoms with van der Waals surface area (Å²) in [7, 11) is 0. The molecule has 0 spiro atoms. The van der Waals surface area contributed by atoms with E-state index in [2.05, 4.69) is 11.3 Å². The van der Waals surface area contributed by atoms with Crippen LogP contribution in [-0.4, -0.2) is 23.7 Å². The van der Waals surface area contributed by atoms with E-state index in [4.69, 9.17) is 5.11 Å². The van der Waals surface area contributed by atoms with Crippen LogP contribution in [0.5, 0.6) is 0 Å². The lowest BCUT2D eigenvalue weighted by Gasteiger charge is -2.03. The third-order valence-electron chi connectivity index (χ3n) is 1.45. The minimum absolute atomic E-state index is 0.336. The molecule has 0 fully saturated rings. The lowest BCUT2D eigenvalue weighted by molar-refractivity contribution is -0.152. The molecule has 0 saturated heterocycles. The Hall–Kier alpha value is -1.32. The first kappa shape index (κ1) is 11.7. The van der Waals surface area contributed by atoms with Gasteiger partial charge in [0.2, 0.25) is 0 Å². The first-order chi connectivity index (χ1) is 6.07. The predicted octanol–water partition coefficient (Wildman–Crippen LogP) is 1.36. The molecule has 0 aliphatic rings. The van der Waals surface area contributed by atoms with Crippen LogP contribution in [0.25, 0.3) is 0 Å². The minimum atomic E-state index is -1.16. The number of carbonyl (C=O) groups is 2. The van der Waals surface area contributed by atoms with E-state index in [-0.39, 0.29) is 0 Å². The van der Waals surface area contributed by atoms with Crippen molar-refractivity contribution in [2.45, 2.75) is 26.2 Å². The Balaban J connectivity index is 3.70. The highest BCUT2D eigenvalue weighted by Gasteiger charge is 2.09. The first-order valence-electron chi connectivity index (χ1n) is 4.14. The van der Waals surface area contributed by atoms with Crippen molar-refractivity contribution in [1.82, 2.24) is 0 Å². The maximum absolute atomic E-state index is 11.0. The van der Waals surface area contributed by atoms with Crippen LogP contribution < -0.4 is 0 Å². The molecule has 0 heterocycles. The second-order valence-corrected chi connectivity index (χ2v) is 2.68. The van der Waals surface area contributed by atoms with E-state index in [1.165, 1.54) is 0 Å². The maximum atomic E-state index is 11.0. The van der Waals surface area contributed by atoms with Crippen LogP contribution in [0.3, 0.4) is 0 Å². The summed E-state index contributed by atoms with van der Waals surface area (Å²) in [5.74, 6) is -1.77. The van der Waals surface area contributed by atoms with Gasteiger partial charge < -0.3 is 9.84 Å². The zero-order valence-corrected chi connectivity index (χ0v) is 7.71. The Morgan fingerprint density at radius 2 is 2.08 bits per heavy atom. The fraction of sp³-hybridized carbons (Fsp3) is 0.556. The van der Waals surface area contributed by atoms with Crippen molar-refractivity contribution in [3.63, 3.8) is 0 Å². The van der Waals surface area contributed by atoms with E-state index in [0.717, 1.165) is 12.8 Å². The number of hydrogen-bond acceptors (Lipinski definition) is 3. The number of unbranched alkanes of at least 4 members (excludes halogenated alkanes) is 1. The van der Waals surface area contributed by atoms with Gasteiger partial charge in [-0.2, -0.15) is 0 Å². The molecule has 0 bridgehead atoms. The van der Waals surface area contributed by atoms with Crippen LogP contribution in [0.1, 0.15) is 26.2 Å². The average molecular weight is 186 g/mol. The van der Waals surface area contributed by atoms with E-state index in [9.17, 15) is 9.59 Å². The third-order valence-corrected chi connectivity index (χ3v) is 1.45. The van der Waals surface area contributed by atoms with E-state index in [1.807, 2.05) is 6.92 Å². The highest BCUT2D eigenvalue weighted by molar-refractivity contribution is 5.88. The molecule has 0 radical (unpaired) electrons. The quantitative estimate of drug-likeness (QED) is 0.502. The van der Waals surface area contributed by atoms with Gasteiger partial charge in [0.05, 0.1) is 0 Å². The largest absolute Gasteiger partial charge is 0.479 e. The van der Waals surface area contributed by atoms with Crippen molar-refractivity contribution < 1.29 is 19.4 Å². The Morgan fingerprint density at radius 3 is 2.54 bits per heavy atom. The summed E-state index contributed by atoms with van der Waals surface area (Å²) in [5, 5.41) is 8.21. The van der Waals surface area contributed by atoms with Crippen LogP contribution in [0, 0.1) is 0 Å². The van der Waals surface area contributed by atoms with Crippen molar-refractivity contribution >= 4 is 11.9 Å². The highest BCUT2D eigenvalue weighted by Crippen LogP contribution is 2.06. The predicted molar refractivity (Wildman–Crippen MR) is 47.3 cm³/mol. The lowest BCUT2D eigenvalue weighted by atomic mass is 10.1. The zero-order chi connectivity index (χ0) is 10.3. The summed E-state index contributed by atoms with van der Waals surface area (Å²) in [4.78, 5) is 21.0. The number of ether oxygens (including phenoxy) is 1. The molecule has 4 nitrogen and oxygen atoms in total. The number of rotatable bonds is 6. The van der Waals surface area contributed by atoms with Crippen molar-refractivity contribution in [3.8, 4) is 0 Å². The number of carboxylic acid groups (broad SMARTS) is 1. The number of esters is 1. The molecule has 0 unspecified atom stereocenters. The second-order valence-electron chi connectivity index (χ2n) is 2.68. The Labute approximate surface area is 77.2 Å². The summed E-state index contributed by atoms with van der Waals surface area (Å²) in [6, 6.07) is 0. The van der Waals surface area contributed by atoms with Crippen LogP contribution in [0.4, 0.5) is 0 Å². The molecule has 0 aromatic rings. The zero-order valence-electron chi connectivity index (χ0n) is 7.71. The molecule has 0 saturated carbocycles. The minimum Gasteiger partial charge on any atom is -0.479 e. The first-order valence-corrected chi connectivity index (χ1v) is 4.14. The van der Waals surface area contributed by atoms with Gasteiger partial charge in [0, 0.05) is 5.57 Å². The van der Waals surface area contributed by atoms with Gasteiger partial charge in [0.1, 0.15) is 0 Å². The Kier molecular flexibility index (Phi) is 5.59. The molecule has 74 valence electrons. The summed E-state index contributed by atoms with van der Waals surface area (Å²) in [6.45, 7) is 4.91. The van der Waals surface area contributed by atoms with E-state index < -0.39 is 18.5 Å². The molecular weight excluding hydrogens is 172 g/mol. The fourth-order valence-corrected chi connectivity index (χ4v) is 0.722. The Morgan fingerprint density at radius 1 is 1.46 bits per heavy atom. The van der Waals surface area contributed by atoms with Crippen molar-refractivity contribution in [2.75, 3.05) is 6.61 Å². The van der Waals surface area contributed by atoms with Crippen LogP contribution in [-0.2, 0) is 14.3 Å². The molecule has 4 heteroatoms. The fourth-order valence-electron chi connectivity index (χ4n) is 0.722. The highest BCUT2D eigenvalue weighted by atomic mass is 16.5. The second kappa shape index (κ2) is 6.22. The van der Waals surface area contributed by atoms with Gasteiger partial charge in [0.15, 0.2) is 6.61 Å². The third kappa shape index (κ3) is 5.90. The number of hydrogen-bond donors (Lipinski definition) is 1. The Bertz CT molecular complexity index is 208. The number of carbonyl (C=O) groups excluding carboxylic acids is 1. The van der Waals surface area contributed by atoms with Crippen LogP contribution >= 0.6 is 0 Å². The van der Waals surface area contributed by atoms with Crippen LogP contribution in [0.2, 0.25) is 0 Å². The van der Waals surface area contributed by atoms with Crippen molar-refractivity contribution in [1.29, 1.82) is 0 Å². The summed E-state index contributed by atoms with van der Waals surface area (Å²) < 4.78 is 4.42. The van der Waals surface area contributed by atoms with Gasteiger partial charge in [-0.25, -0.2) is 9.59 Å².